The van der Waals surface area contributed by atoms with Crippen LogP contribution in [0.15, 0.2) is 23.4 Å². The third-order valence-corrected chi connectivity index (χ3v) is 1.88. The van der Waals surface area contributed by atoms with Crippen molar-refractivity contribution in [2.75, 3.05) is 0 Å². The first-order chi connectivity index (χ1) is 6.86. The SMILES string of the molecule is ON=C(Cl)c1ccc(F)cc1C(F)(F)F. The van der Waals surface area contributed by atoms with Gasteiger partial charge in [-0.2, -0.15) is 13.2 Å². The van der Waals surface area contributed by atoms with E-state index in [1.54, 1.807) is 0 Å². The lowest BCUT2D eigenvalue weighted by atomic mass is 10.1. The molecule has 0 aromatic heterocycles. The zero-order chi connectivity index (χ0) is 11.6. The highest BCUT2D eigenvalue weighted by Crippen LogP contribution is 2.33. The minimum atomic E-state index is -4.76. The summed E-state index contributed by atoms with van der Waals surface area (Å²) in [5, 5.41) is 9.92. The highest BCUT2D eigenvalue weighted by molar-refractivity contribution is 6.69. The van der Waals surface area contributed by atoms with E-state index in [4.69, 9.17) is 16.8 Å². The summed E-state index contributed by atoms with van der Waals surface area (Å²) < 4.78 is 49.7. The van der Waals surface area contributed by atoms with Gasteiger partial charge in [0.2, 0.25) is 0 Å². The van der Waals surface area contributed by atoms with E-state index >= 15 is 0 Å². The molecule has 15 heavy (non-hydrogen) atoms. The van der Waals surface area contributed by atoms with Crippen LogP contribution in [0.2, 0.25) is 0 Å². The van der Waals surface area contributed by atoms with Crippen molar-refractivity contribution in [3.8, 4) is 0 Å². The average Bonchev–Trinajstić information content (AvgIpc) is 2.15. The number of nitrogens with zero attached hydrogens (tertiary/aromatic N) is 1. The van der Waals surface area contributed by atoms with Gasteiger partial charge in [0.25, 0.3) is 0 Å². The third-order valence-electron chi connectivity index (χ3n) is 1.60. The van der Waals surface area contributed by atoms with Crippen molar-refractivity contribution in [3.05, 3.63) is 35.1 Å². The summed E-state index contributed by atoms with van der Waals surface area (Å²) >= 11 is 5.23. The zero-order valence-corrected chi connectivity index (χ0v) is 7.77. The molecule has 1 aromatic rings. The Labute approximate surface area is 86.8 Å². The number of rotatable bonds is 1. The summed E-state index contributed by atoms with van der Waals surface area (Å²) in [4.78, 5) is 0. The van der Waals surface area contributed by atoms with Gasteiger partial charge in [-0.1, -0.05) is 16.8 Å². The molecule has 0 bridgehead atoms. The summed E-state index contributed by atoms with van der Waals surface area (Å²) in [6.07, 6.45) is -4.76. The number of alkyl halides is 3. The van der Waals surface area contributed by atoms with Gasteiger partial charge in [-0.15, -0.1) is 0 Å². The molecule has 82 valence electrons. The van der Waals surface area contributed by atoms with Crippen LogP contribution in [0.3, 0.4) is 0 Å². The summed E-state index contributed by atoms with van der Waals surface area (Å²) in [6, 6.07) is 1.86. The molecule has 1 N–H and O–H groups in total. The Morgan fingerprint density at radius 2 is 1.93 bits per heavy atom. The fraction of sp³-hybridized carbons (Fsp3) is 0.125. The second-order valence-corrected chi connectivity index (χ2v) is 2.94. The van der Waals surface area contributed by atoms with Gasteiger partial charge >= 0.3 is 6.18 Å². The van der Waals surface area contributed by atoms with Crippen LogP contribution in [0.5, 0.6) is 0 Å². The lowest BCUT2D eigenvalue weighted by Gasteiger charge is -2.10. The Morgan fingerprint density at radius 1 is 1.33 bits per heavy atom. The third kappa shape index (κ3) is 2.59. The van der Waals surface area contributed by atoms with E-state index < -0.39 is 28.3 Å². The van der Waals surface area contributed by atoms with Crippen molar-refractivity contribution in [2.45, 2.75) is 6.18 Å². The van der Waals surface area contributed by atoms with Crippen molar-refractivity contribution < 1.29 is 22.8 Å². The van der Waals surface area contributed by atoms with Gasteiger partial charge in [0.1, 0.15) is 5.82 Å². The second kappa shape index (κ2) is 4.06. The van der Waals surface area contributed by atoms with E-state index in [-0.39, 0.29) is 6.07 Å². The molecule has 0 amide bonds. The maximum Gasteiger partial charge on any atom is 0.417 e. The molecule has 0 saturated heterocycles. The molecule has 0 aliphatic heterocycles. The Kier molecular flexibility index (Phi) is 3.18. The first-order valence-corrected chi connectivity index (χ1v) is 3.98. The summed E-state index contributed by atoms with van der Waals surface area (Å²) in [5.74, 6) is -1.05. The van der Waals surface area contributed by atoms with Crippen LogP contribution in [0.25, 0.3) is 0 Å². The predicted molar refractivity (Wildman–Crippen MR) is 45.6 cm³/mol. The van der Waals surface area contributed by atoms with Gasteiger partial charge in [-0.05, 0) is 18.2 Å². The molecule has 0 fully saturated rings. The van der Waals surface area contributed by atoms with E-state index in [1.165, 1.54) is 0 Å². The average molecular weight is 242 g/mol. The minimum Gasteiger partial charge on any atom is -0.410 e. The molecule has 0 aliphatic rings. The van der Waals surface area contributed by atoms with Crippen LogP contribution in [0.1, 0.15) is 11.1 Å². The first-order valence-electron chi connectivity index (χ1n) is 3.61. The topological polar surface area (TPSA) is 32.6 Å². The van der Waals surface area contributed by atoms with E-state index in [2.05, 4.69) is 5.16 Å². The van der Waals surface area contributed by atoms with Crippen molar-refractivity contribution >= 4 is 16.8 Å². The minimum absolute atomic E-state index is 0.281. The normalized spacial score (nSPS) is 13.0. The van der Waals surface area contributed by atoms with Crippen molar-refractivity contribution in [2.24, 2.45) is 5.16 Å². The zero-order valence-electron chi connectivity index (χ0n) is 7.02. The van der Waals surface area contributed by atoms with Gasteiger partial charge in [0, 0.05) is 5.56 Å². The Morgan fingerprint density at radius 3 is 2.40 bits per heavy atom. The fourth-order valence-corrected chi connectivity index (χ4v) is 1.15. The highest BCUT2D eigenvalue weighted by atomic mass is 35.5. The molecular formula is C8H4ClF4NO. The molecule has 0 heterocycles. The standard InChI is InChI=1S/C8H4ClF4NO/c9-7(14-15)5-2-1-4(10)3-6(5)8(11,12)13/h1-3,15H. The number of benzene rings is 1. The Hall–Kier alpha value is -1.30. The maximum atomic E-state index is 12.6. The van der Waals surface area contributed by atoms with E-state index in [1.807, 2.05) is 0 Å². The van der Waals surface area contributed by atoms with Crippen LogP contribution < -0.4 is 0 Å². The molecule has 0 spiro atoms. The van der Waals surface area contributed by atoms with Crippen LogP contribution in [-0.4, -0.2) is 10.4 Å². The van der Waals surface area contributed by atoms with E-state index in [0.717, 1.165) is 12.1 Å². The number of hydrogen-bond donors (Lipinski definition) is 1. The molecule has 0 atom stereocenters. The molecule has 1 rings (SSSR count). The van der Waals surface area contributed by atoms with Crippen LogP contribution >= 0.6 is 11.6 Å². The highest BCUT2D eigenvalue weighted by Gasteiger charge is 2.34. The van der Waals surface area contributed by atoms with Crippen LogP contribution in [0, 0.1) is 5.82 Å². The van der Waals surface area contributed by atoms with Gasteiger partial charge in [0.05, 0.1) is 5.56 Å². The summed E-state index contributed by atoms with van der Waals surface area (Å²) in [7, 11) is 0. The summed E-state index contributed by atoms with van der Waals surface area (Å²) in [6.45, 7) is 0. The van der Waals surface area contributed by atoms with Gasteiger partial charge in [-0.25, -0.2) is 4.39 Å². The smallest absolute Gasteiger partial charge is 0.410 e. The Bertz CT molecular complexity index is 402. The first kappa shape index (κ1) is 11.8. The van der Waals surface area contributed by atoms with E-state index in [9.17, 15) is 17.6 Å². The predicted octanol–water partition coefficient (Wildman–Crippen LogP) is 3.22. The molecule has 0 saturated carbocycles. The largest absolute Gasteiger partial charge is 0.417 e. The van der Waals surface area contributed by atoms with Gasteiger partial charge < -0.3 is 5.21 Å². The molecule has 0 aliphatic carbocycles. The fourth-order valence-electron chi connectivity index (χ4n) is 0.985. The van der Waals surface area contributed by atoms with Crippen molar-refractivity contribution in [1.29, 1.82) is 0 Å². The van der Waals surface area contributed by atoms with Crippen molar-refractivity contribution in [3.63, 3.8) is 0 Å². The monoisotopic (exact) mass is 241 g/mol. The lowest BCUT2D eigenvalue weighted by Crippen LogP contribution is -2.11. The number of hydrogen-bond acceptors (Lipinski definition) is 2. The van der Waals surface area contributed by atoms with Crippen LogP contribution in [-0.2, 0) is 6.18 Å². The van der Waals surface area contributed by atoms with Crippen LogP contribution in [0.4, 0.5) is 17.6 Å². The van der Waals surface area contributed by atoms with Crippen molar-refractivity contribution in [1.82, 2.24) is 0 Å². The van der Waals surface area contributed by atoms with Gasteiger partial charge in [-0.3, -0.25) is 0 Å². The molecule has 0 radical (unpaired) electrons. The van der Waals surface area contributed by atoms with Gasteiger partial charge in [0.15, 0.2) is 5.17 Å². The molecular weight excluding hydrogens is 238 g/mol. The number of halogens is 5. The molecule has 7 heteroatoms. The quantitative estimate of drug-likeness (QED) is 0.348. The molecule has 0 unspecified atom stereocenters. The molecule has 2 nitrogen and oxygen atoms in total. The lowest BCUT2D eigenvalue weighted by molar-refractivity contribution is -0.137. The maximum absolute atomic E-state index is 12.6. The molecule has 1 aromatic carbocycles. The second-order valence-electron chi connectivity index (χ2n) is 2.58. The number of oxime groups is 1. The van der Waals surface area contributed by atoms with E-state index in [0.29, 0.717) is 0 Å². The Balaban J connectivity index is 3.40. The summed E-state index contributed by atoms with van der Waals surface area (Å²) in [5.41, 5.74) is -1.86.